The van der Waals surface area contributed by atoms with E-state index >= 15 is 0 Å². The van der Waals surface area contributed by atoms with Gasteiger partial charge in [0.05, 0.1) is 0 Å². The molecule has 0 amide bonds. The molecule has 2 aromatic heterocycles. The van der Waals surface area contributed by atoms with Crippen molar-refractivity contribution in [2.45, 2.75) is 13.3 Å². The van der Waals surface area contributed by atoms with E-state index in [-0.39, 0.29) is 0 Å². The third kappa shape index (κ3) is 2.29. The van der Waals surface area contributed by atoms with Crippen LogP contribution in [0.2, 0.25) is 0 Å². The zero-order valence-electron chi connectivity index (χ0n) is 10.1. The molecular formula is C11H13F2N5. The van der Waals surface area contributed by atoms with Gasteiger partial charge in [-0.2, -0.15) is 4.52 Å². The molecule has 0 spiro atoms. The van der Waals surface area contributed by atoms with E-state index in [1.165, 1.54) is 0 Å². The van der Waals surface area contributed by atoms with Gasteiger partial charge in [-0.1, -0.05) is 12.2 Å². The minimum absolute atomic E-state index is 0.303. The van der Waals surface area contributed by atoms with Crippen molar-refractivity contribution in [3.05, 3.63) is 30.1 Å². The van der Waals surface area contributed by atoms with Crippen LogP contribution >= 0.6 is 0 Å². The lowest BCUT2D eigenvalue weighted by molar-refractivity contribution is 0.137. The number of hydrogen-bond donors (Lipinski definition) is 0. The van der Waals surface area contributed by atoms with Crippen LogP contribution in [0.3, 0.4) is 0 Å². The molecule has 0 saturated heterocycles. The van der Waals surface area contributed by atoms with Gasteiger partial charge >= 0.3 is 0 Å². The van der Waals surface area contributed by atoms with E-state index in [1.54, 1.807) is 12.1 Å². The van der Waals surface area contributed by atoms with Crippen molar-refractivity contribution in [1.82, 2.24) is 19.8 Å². The van der Waals surface area contributed by atoms with E-state index in [4.69, 9.17) is 0 Å². The molecule has 0 aromatic carbocycles. The summed E-state index contributed by atoms with van der Waals surface area (Å²) in [5.74, 6) is 0.114. The summed E-state index contributed by atoms with van der Waals surface area (Å²) in [7, 11) is 1.81. The molecular weight excluding hydrogens is 240 g/mol. The van der Waals surface area contributed by atoms with E-state index < -0.39 is 12.2 Å². The van der Waals surface area contributed by atoms with Crippen LogP contribution in [-0.2, 0) is 0 Å². The highest BCUT2D eigenvalue weighted by atomic mass is 19.3. The molecule has 0 aliphatic heterocycles. The Bertz CT molecular complexity index is 578. The van der Waals surface area contributed by atoms with Crippen LogP contribution in [0.4, 0.5) is 14.6 Å². The summed E-state index contributed by atoms with van der Waals surface area (Å²) < 4.78 is 26.4. The van der Waals surface area contributed by atoms with Crippen molar-refractivity contribution >= 4 is 11.5 Å². The van der Waals surface area contributed by atoms with Gasteiger partial charge in [0.25, 0.3) is 6.43 Å². The number of alkyl halides is 2. The van der Waals surface area contributed by atoms with Crippen molar-refractivity contribution < 1.29 is 8.78 Å². The Labute approximate surface area is 103 Å². The van der Waals surface area contributed by atoms with Gasteiger partial charge in [0.1, 0.15) is 5.82 Å². The standard InChI is InChI=1S/C11H13F2N5/c1-7(2)6-17(3)9-5-4-8-14-15-11(10(12)13)18(8)16-9/h4-5,10H,1,6H2,2-3H3. The third-order valence-corrected chi connectivity index (χ3v) is 2.37. The topological polar surface area (TPSA) is 46.3 Å². The van der Waals surface area contributed by atoms with Gasteiger partial charge in [-0.05, 0) is 19.1 Å². The maximum atomic E-state index is 12.7. The zero-order chi connectivity index (χ0) is 13.3. The van der Waals surface area contributed by atoms with E-state index in [2.05, 4.69) is 21.9 Å². The highest BCUT2D eigenvalue weighted by molar-refractivity contribution is 5.46. The van der Waals surface area contributed by atoms with Crippen LogP contribution in [0.1, 0.15) is 19.2 Å². The Morgan fingerprint density at radius 1 is 1.44 bits per heavy atom. The van der Waals surface area contributed by atoms with Gasteiger partial charge in [0.15, 0.2) is 5.65 Å². The maximum Gasteiger partial charge on any atom is 0.299 e. The number of fused-ring (bicyclic) bond motifs is 1. The predicted molar refractivity (Wildman–Crippen MR) is 63.8 cm³/mol. The second-order valence-corrected chi connectivity index (χ2v) is 4.13. The minimum Gasteiger partial charge on any atom is -0.354 e. The van der Waals surface area contributed by atoms with Crippen LogP contribution in [0.15, 0.2) is 24.3 Å². The van der Waals surface area contributed by atoms with Crippen LogP contribution in [0.5, 0.6) is 0 Å². The van der Waals surface area contributed by atoms with Crippen molar-refractivity contribution in [3.8, 4) is 0 Å². The predicted octanol–water partition coefficient (Wildman–Crippen LogP) is 2.07. The molecule has 18 heavy (non-hydrogen) atoms. The molecule has 0 saturated carbocycles. The number of likely N-dealkylation sites (N-methyl/N-ethyl adjacent to an activating group) is 1. The van der Waals surface area contributed by atoms with Gasteiger partial charge < -0.3 is 4.90 Å². The number of aromatic nitrogens is 4. The molecule has 0 aliphatic rings. The normalized spacial score (nSPS) is 11.2. The fourth-order valence-electron chi connectivity index (χ4n) is 1.62. The van der Waals surface area contributed by atoms with Gasteiger partial charge in [0, 0.05) is 13.6 Å². The molecule has 0 bridgehead atoms. The quantitative estimate of drug-likeness (QED) is 0.783. The first-order valence-electron chi connectivity index (χ1n) is 5.35. The molecule has 0 unspecified atom stereocenters. The summed E-state index contributed by atoms with van der Waals surface area (Å²) in [5.41, 5.74) is 1.26. The van der Waals surface area contributed by atoms with Crippen LogP contribution in [0.25, 0.3) is 5.65 Å². The highest BCUT2D eigenvalue weighted by Gasteiger charge is 2.17. The van der Waals surface area contributed by atoms with E-state index in [9.17, 15) is 8.78 Å². The molecule has 0 fully saturated rings. The monoisotopic (exact) mass is 253 g/mol. The second-order valence-electron chi connectivity index (χ2n) is 4.13. The summed E-state index contributed by atoms with van der Waals surface area (Å²) in [4.78, 5) is 1.82. The number of anilines is 1. The van der Waals surface area contributed by atoms with Gasteiger partial charge in [-0.25, -0.2) is 8.78 Å². The first-order valence-corrected chi connectivity index (χ1v) is 5.35. The Kier molecular flexibility index (Phi) is 3.22. The highest BCUT2D eigenvalue weighted by Crippen LogP contribution is 2.18. The number of rotatable bonds is 4. The van der Waals surface area contributed by atoms with Gasteiger partial charge in [-0.15, -0.1) is 15.3 Å². The van der Waals surface area contributed by atoms with Crippen molar-refractivity contribution in [3.63, 3.8) is 0 Å². The van der Waals surface area contributed by atoms with E-state index in [1.807, 2.05) is 18.9 Å². The minimum atomic E-state index is -2.70. The lowest BCUT2D eigenvalue weighted by Gasteiger charge is -2.17. The summed E-state index contributed by atoms with van der Waals surface area (Å²) in [5, 5.41) is 11.2. The molecule has 0 radical (unpaired) electrons. The molecule has 5 nitrogen and oxygen atoms in total. The number of nitrogens with zero attached hydrogens (tertiary/aromatic N) is 5. The SMILES string of the molecule is C=C(C)CN(C)c1ccc2nnc(C(F)F)n2n1. The lowest BCUT2D eigenvalue weighted by atomic mass is 10.3. The van der Waals surface area contributed by atoms with Crippen LogP contribution < -0.4 is 4.90 Å². The first kappa shape index (κ1) is 12.4. The molecule has 0 N–H and O–H groups in total. The van der Waals surface area contributed by atoms with Crippen molar-refractivity contribution in [1.29, 1.82) is 0 Å². The first-order chi connectivity index (χ1) is 8.49. The Morgan fingerprint density at radius 3 is 2.78 bits per heavy atom. The number of hydrogen-bond acceptors (Lipinski definition) is 4. The molecule has 2 heterocycles. The molecule has 96 valence electrons. The molecule has 0 aliphatic carbocycles. The molecule has 2 rings (SSSR count). The van der Waals surface area contributed by atoms with Crippen molar-refractivity contribution in [2.24, 2.45) is 0 Å². The molecule has 2 aromatic rings. The van der Waals surface area contributed by atoms with Gasteiger partial charge in [0.2, 0.25) is 5.82 Å². The van der Waals surface area contributed by atoms with E-state index in [0.717, 1.165) is 10.1 Å². The molecule has 7 heteroatoms. The Morgan fingerprint density at radius 2 is 2.17 bits per heavy atom. The summed E-state index contributed by atoms with van der Waals surface area (Å²) in [6, 6.07) is 3.32. The summed E-state index contributed by atoms with van der Waals surface area (Å²) in [6.45, 7) is 6.29. The van der Waals surface area contributed by atoms with E-state index in [0.29, 0.717) is 18.0 Å². The fraction of sp³-hybridized carbons (Fsp3) is 0.364. The van der Waals surface area contributed by atoms with Crippen LogP contribution in [0, 0.1) is 0 Å². The summed E-state index contributed by atoms with van der Waals surface area (Å²) >= 11 is 0. The fourth-order valence-corrected chi connectivity index (χ4v) is 1.62. The maximum absolute atomic E-state index is 12.7. The average Bonchev–Trinajstić information content (AvgIpc) is 2.70. The summed E-state index contributed by atoms with van der Waals surface area (Å²) in [6.07, 6.45) is -2.70. The zero-order valence-corrected chi connectivity index (χ0v) is 10.1. The average molecular weight is 253 g/mol. The third-order valence-electron chi connectivity index (χ3n) is 2.37. The van der Waals surface area contributed by atoms with Crippen molar-refractivity contribution in [2.75, 3.05) is 18.5 Å². The Hall–Kier alpha value is -2.05. The van der Waals surface area contributed by atoms with Crippen LogP contribution in [-0.4, -0.2) is 33.4 Å². The lowest BCUT2D eigenvalue weighted by Crippen LogP contribution is -2.21. The second kappa shape index (κ2) is 4.67. The number of halogens is 2. The molecule has 0 atom stereocenters. The Balaban J connectivity index is 2.42. The van der Waals surface area contributed by atoms with Gasteiger partial charge in [-0.3, -0.25) is 0 Å². The smallest absolute Gasteiger partial charge is 0.299 e. The largest absolute Gasteiger partial charge is 0.354 e.